The van der Waals surface area contributed by atoms with Crippen LogP contribution in [0.25, 0.3) is 11.6 Å². The Morgan fingerprint density at radius 3 is 2.86 bits per heavy atom. The maximum Gasteiger partial charge on any atom is 0.415 e. The first-order chi connectivity index (χ1) is 13.8. The van der Waals surface area contributed by atoms with E-state index in [0.29, 0.717) is 37.6 Å². The molecule has 12 heteroatoms. The molecule has 5 rings (SSSR count). The largest absolute Gasteiger partial charge is 0.438 e. The van der Waals surface area contributed by atoms with Crippen LogP contribution in [0.1, 0.15) is 18.4 Å². The van der Waals surface area contributed by atoms with E-state index in [1.54, 1.807) is 4.57 Å². The molecule has 1 unspecified atom stereocenters. The van der Waals surface area contributed by atoms with E-state index >= 15 is 0 Å². The van der Waals surface area contributed by atoms with Gasteiger partial charge in [0.05, 0.1) is 25.0 Å². The highest BCUT2D eigenvalue weighted by Crippen LogP contribution is 2.34. The molecule has 29 heavy (non-hydrogen) atoms. The van der Waals surface area contributed by atoms with Crippen molar-refractivity contribution in [2.45, 2.75) is 32.2 Å². The van der Waals surface area contributed by atoms with Gasteiger partial charge in [-0.2, -0.15) is 0 Å². The number of imidazole rings is 1. The summed E-state index contributed by atoms with van der Waals surface area (Å²) in [6.07, 6.45) is 2.26. The summed E-state index contributed by atoms with van der Waals surface area (Å²) in [5.41, 5.74) is -0.0973. The number of aromatic nitrogens is 4. The molecule has 0 fully saturated rings. The number of fused-ring (bicyclic) bond motifs is 2. The van der Waals surface area contributed by atoms with E-state index in [0.717, 1.165) is 12.3 Å². The van der Waals surface area contributed by atoms with Crippen molar-refractivity contribution >= 4 is 5.82 Å². The molecule has 3 aromatic heterocycles. The fraction of sp³-hybridized carbons (Fsp3) is 0.353. The van der Waals surface area contributed by atoms with E-state index in [-0.39, 0.29) is 23.4 Å². The highest BCUT2D eigenvalue weighted by molar-refractivity contribution is 5.48. The van der Waals surface area contributed by atoms with E-state index in [1.165, 1.54) is 6.20 Å². The summed E-state index contributed by atoms with van der Waals surface area (Å²) >= 11 is 0. The van der Waals surface area contributed by atoms with Crippen LogP contribution in [0.5, 0.6) is 6.01 Å². The van der Waals surface area contributed by atoms with Crippen molar-refractivity contribution in [3.05, 3.63) is 51.7 Å². The second-order valence-electron chi connectivity index (χ2n) is 7.34. The Bertz CT molecular complexity index is 1100. The molecule has 2 aliphatic rings. The van der Waals surface area contributed by atoms with Crippen LogP contribution in [0.15, 0.2) is 22.9 Å². The van der Waals surface area contributed by atoms with Gasteiger partial charge in [0.1, 0.15) is 23.4 Å². The lowest BCUT2D eigenvalue weighted by atomic mass is 10.1. The standard InChI is InChI=1S/C17H14F2N6O4/c1-17(8-24-6-13(25(26)27)22-16(24)29-17)7-23-4-11-12(5-23)28-15(21-11)14-10(19)2-9(18)3-20-14/h2-3,6H,4-5,7-8H2,1H3. The number of nitrogens with zero attached hydrogens (tertiary/aromatic N) is 6. The molecule has 2 aliphatic heterocycles. The van der Waals surface area contributed by atoms with Crippen LogP contribution in [0.3, 0.4) is 0 Å². The van der Waals surface area contributed by atoms with Crippen molar-refractivity contribution in [2.75, 3.05) is 6.54 Å². The van der Waals surface area contributed by atoms with E-state index < -0.39 is 22.2 Å². The molecule has 3 aromatic rings. The quantitative estimate of drug-likeness (QED) is 0.481. The van der Waals surface area contributed by atoms with Gasteiger partial charge in [-0.15, -0.1) is 0 Å². The lowest BCUT2D eigenvalue weighted by Crippen LogP contribution is -2.43. The normalized spacial score (nSPS) is 20.5. The van der Waals surface area contributed by atoms with Gasteiger partial charge in [0.2, 0.25) is 5.89 Å². The number of hydrogen-bond acceptors (Lipinski definition) is 8. The molecule has 150 valence electrons. The molecule has 0 bridgehead atoms. The zero-order chi connectivity index (χ0) is 20.3. The summed E-state index contributed by atoms with van der Waals surface area (Å²) in [5.74, 6) is -1.26. The molecule has 0 saturated heterocycles. The molecule has 10 nitrogen and oxygen atoms in total. The molecule has 5 heterocycles. The second kappa shape index (κ2) is 6.04. The van der Waals surface area contributed by atoms with Crippen molar-refractivity contribution in [3.63, 3.8) is 0 Å². The Morgan fingerprint density at radius 1 is 1.34 bits per heavy atom. The van der Waals surface area contributed by atoms with Crippen LogP contribution in [-0.2, 0) is 19.6 Å². The summed E-state index contributed by atoms with van der Waals surface area (Å²) in [5, 5.41) is 10.8. The van der Waals surface area contributed by atoms with E-state index in [4.69, 9.17) is 9.15 Å². The van der Waals surface area contributed by atoms with E-state index in [2.05, 4.69) is 15.0 Å². The summed E-state index contributed by atoms with van der Waals surface area (Å²) in [4.78, 5) is 24.2. The number of hydrogen-bond donors (Lipinski definition) is 0. The number of oxazole rings is 1. The van der Waals surface area contributed by atoms with Gasteiger partial charge in [0.25, 0.3) is 0 Å². The van der Waals surface area contributed by atoms with Gasteiger partial charge in [0.15, 0.2) is 11.5 Å². The monoisotopic (exact) mass is 404 g/mol. The first-order valence-corrected chi connectivity index (χ1v) is 8.73. The van der Waals surface area contributed by atoms with Crippen molar-refractivity contribution < 1.29 is 22.9 Å². The maximum absolute atomic E-state index is 13.9. The predicted octanol–water partition coefficient (Wildman–Crippen LogP) is 2.29. The van der Waals surface area contributed by atoms with Gasteiger partial charge in [-0.3, -0.25) is 9.47 Å². The highest BCUT2D eigenvalue weighted by Gasteiger charge is 2.43. The minimum atomic E-state index is -0.836. The van der Waals surface area contributed by atoms with Crippen molar-refractivity contribution in [1.29, 1.82) is 0 Å². The summed E-state index contributed by atoms with van der Waals surface area (Å²) in [7, 11) is 0. The van der Waals surface area contributed by atoms with Gasteiger partial charge in [-0.1, -0.05) is 0 Å². The first-order valence-electron chi connectivity index (χ1n) is 8.73. The smallest absolute Gasteiger partial charge is 0.415 e. The highest BCUT2D eigenvalue weighted by atomic mass is 19.1. The Labute approximate surface area is 161 Å². The van der Waals surface area contributed by atoms with Crippen LogP contribution in [0.4, 0.5) is 14.6 Å². The molecular weight excluding hydrogens is 390 g/mol. The number of nitro groups is 1. The molecule has 0 spiro atoms. The Morgan fingerprint density at radius 2 is 2.17 bits per heavy atom. The molecule has 0 amide bonds. The third-order valence-electron chi connectivity index (χ3n) is 4.84. The first kappa shape index (κ1) is 17.7. The van der Waals surface area contributed by atoms with Crippen molar-refractivity contribution in [2.24, 2.45) is 0 Å². The fourth-order valence-electron chi connectivity index (χ4n) is 3.72. The Hall–Kier alpha value is -3.41. The minimum absolute atomic E-state index is 0.0166. The average molecular weight is 404 g/mol. The Kier molecular flexibility index (Phi) is 3.68. The van der Waals surface area contributed by atoms with Gasteiger partial charge in [-0.25, -0.2) is 18.7 Å². The third kappa shape index (κ3) is 3.01. The number of halogens is 2. The summed E-state index contributed by atoms with van der Waals surface area (Å²) < 4.78 is 40.0. The lowest BCUT2D eigenvalue weighted by Gasteiger charge is -2.27. The van der Waals surface area contributed by atoms with Crippen LogP contribution < -0.4 is 4.74 Å². The maximum atomic E-state index is 13.9. The van der Waals surface area contributed by atoms with Gasteiger partial charge in [-0.05, 0) is 11.8 Å². The lowest BCUT2D eigenvalue weighted by molar-refractivity contribution is -0.389. The van der Waals surface area contributed by atoms with Crippen LogP contribution >= 0.6 is 0 Å². The average Bonchev–Trinajstić information content (AvgIpc) is 3.33. The van der Waals surface area contributed by atoms with Crippen LogP contribution in [-0.4, -0.2) is 41.5 Å². The number of ether oxygens (including phenoxy) is 1. The molecule has 0 saturated carbocycles. The molecule has 0 radical (unpaired) electrons. The second-order valence-corrected chi connectivity index (χ2v) is 7.34. The Balaban J connectivity index is 1.27. The number of rotatable bonds is 4. The molecular formula is C17H14F2N6O4. The van der Waals surface area contributed by atoms with E-state index in [9.17, 15) is 18.9 Å². The van der Waals surface area contributed by atoms with Crippen molar-refractivity contribution in [3.8, 4) is 17.6 Å². The third-order valence-corrected chi connectivity index (χ3v) is 4.84. The van der Waals surface area contributed by atoms with Crippen LogP contribution in [0, 0.1) is 21.7 Å². The predicted molar refractivity (Wildman–Crippen MR) is 91.7 cm³/mol. The zero-order valence-corrected chi connectivity index (χ0v) is 15.1. The summed E-state index contributed by atoms with van der Waals surface area (Å²) in [6.45, 7) is 3.72. The van der Waals surface area contributed by atoms with Gasteiger partial charge < -0.3 is 19.3 Å². The fourth-order valence-corrected chi connectivity index (χ4v) is 3.72. The minimum Gasteiger partial charge on any atom is -0.438 e. The molecule has 0 aromatic carbocycles. The topological polar surface area (TPSA) is 112 Å². The van der Waals surface area contributed by atoms with E-state index in [1.807, 2.05) is 11.8 Å². The van der Waals surface area contributed by atoms with Crippen LogP contribution in [0.2, 0.25) is 0 Å². The zero-order valence-electron chi connectivity index (χ0n) is 15.1. The molecule has 0 N–H and O–H groups in total. The van der Waals surface area contributed by atoms with Crippen molar-refractivity contribution in [1.82, 2.24) is 24.4 Å². The molecule has 1 atom stereocenters. The summed E-state index contributed by atoms with van der Waals surface area (Å²) in [6, 6.07) is 0.948. The SMILES string of the molecule is CC1(CN2Cc3nc(-c4ncc(F)cc4F)oc3C2)Cn2cc([N+](=O)[O-])nc2O1. The van der Waals surface area contributed by atoms with Gasteiger partial charge in [0, 0.05) is 24.1 Å². The van der Waals surface area contributed by atoms with Gasteiger partial charge >= 0.3 is 11.8 Å². The number of pyridine rings is 1. The molecule has 0 aliphatic carbocycles.